The normalized spacial score (nSPS) is 10.3. The number of hydrogen-bond donors (Lipinski definition) is 1. The molecule has 0 atom stereocenters. The van der Waals surface area contributed by atoms with Crippen molar-refractivity contribution in [2.75, 3.05) is 11.2 Å². The molecule has 2 rings (SSSR count). The van der Waals surface area contributed by atoms with Crippen molar-refractivity contribution < 1.29 is 9.53 Å². The Morgan fingerprint density at radius 2 is 2.05 bits per heavy atom. The zero-order chi connectivity index (χ0) is 14.4. The molecule has 0 saturated carbocycles. The van der Waals surface area contributed by atoms with Crippen molar-refractivity contribution in [3.8, 4) is 5.75 Å². The molecule has 1 heterocycles. The zero-order valence-electron chi connectivity index (χ0n) is 10.3. The van der Waals surface area contributed by atoms with Gasteiger partial charge in [-0.05, 0) is 24.3 Å². The van der Waals surface area contributed by atoms with Crippen molar-refractivity contribution in [2.24, 2.45) is 0 Å². The van der Waals surface area contributed by atoms with Gasteiger partial charge in [-0.15, -0.1) is 21.8 Å². The second-order valence-corrected chi connectivity index (χ2v) is 5.61. The number of carbonyl (C=O) groups excluding carboxylic acids is 1. The lowest BCUT2D eigenvalue weighted by molar-refractivity contribution is -0.115. The number of anilines is 1. The molecule has 0 spiro atoms. The van der Waals surface area contributed by atoms with Gasteiger partial charge in [0.1, 0.15) is 12.4 Å². The Balaban J connectivity index is 1.86. The van der Waals surface area contributed by atoms with E-state index in [1.54, 1.807) is 24.3 Å². The van der Waals surface area contributed by atoms with Gasteiger partial charge in [-0.2, -0.15) is 0 Å². The molecule has 106 valence electrons. The molecular formula is C12H11Cl2N3O2S. The standard InChI is InChI=1S/C12H11Cl2N3O2S/c13-6-5-10(18)15-12-17-16-11(20-12)7-19-9-3-1-8(14)2-4-9/h1-4H,5-7H2,(H,15,17,18). The van der Waals surface area contributed by atoms with Crippen molar-refractivity contribution in [3.05, 3.63) is 34.3 Å². The van der Waals surface area contributed by atoms with Crippen LogP contribution in [0.2, 0.25) is 5.02 Å². The second-order valence-electron chi connectivity index (χ2n) is 3.73. The molecule has 0 aliphatic carbocycles. The van der Waals surface area contributed by atoms with Gasteiger partial charge in [0.25, 0.3) is 0 Å². The third-order valence-electron chi connectivity index (χ3n) is 2.21. The summed E-state index contributed by atoms with van der Waals surface area (Å²) in [6.07, 6.45) is 0.248. The first-order valence-corrected chi connectivity index (χ1v) is 7.47. The molecule has 0 bridgehead atoms. The summed E-state index contributed by atoms with van der Waals surface area (Å²) in [7, 11) is 0. The van der Waals surface area contributed by atoms with Crippen LogP contribution in [0.1, 0.15) is 11.4 Å². The number of ether oxygens (including phenoxy) is 1. The van der Waals surface area contributed by atoms with E-state index in [9.17, 15) is 4.79 Å². The topological polar surface area (TPSA) is 64.1 Å². The monoisotopic (exact) mass is 331 g/mol. The minimum absolute atomic E-state index is 0.179. The summed E-state index contributed by atoms with van der Waals surface area (Å²) in [5.41, 5.74) is 0. The Kier molecular flexibility index (Phi) is 5.58. The number of halogens is 2. The van der Waals surface area contributed by atoms with Crippen LogP contribution in [0.15, 0.2) is 24.3 Å². The Labute approximate surface area is 129 Å². The van der Waals surface area contributed by atoms with E-state index in [2.05, 4.69) is 15.5 Å². The highest BCUT2D eigenvalue weighted by Gasteiger charge is 2.08. The van der Waals surface area contributed by atoms with Crippen LogP contribution in [-0.4, -0.2) is 22.0 Å². The predicted molar refractivity (Wildman–Crippen MR) is 79.7 cm³/mol. The van der Waals surface area contributed by atoms with Crippen molar-refractivity contribution in [3.63, 3.8) is 0 Å². The van der Waals surface area contributed by atoms with Crippen LogP contribution < -0.4 is 10.1 Å². The molecule has 2 aromatic rings. The summed E-state index contributed by atoms with van der Waals surface area (Å²) in [6.45, 7) is 0.282. The summed E-state index contributed by atoms with van der Waals surface area (Å²) in [5.74, 6) is 0.788. The Morgan fingerprint density at radius 1 is 1.30 bits per heavy atom. The van der Waals surface area contributed by atoms with E-state index < -0.39 is 0 Å². The van der Waals surface area contributed by atoms with Gasteiger partial charge < -0.3 is 10.1 Å². The zero-order valence-corrected chi connectivity index (χ0v) is 12.6. The van der Waals surface area contributed by atoms with E-state index in [0.717, 1.165) is 0 Å². The Hall–Kier alpha value is -1.37. The van der Waals surface area contributed by atoms with Gasteiger partial charge in [0.2, 0.25) is 11.0 Å². The highest BCUT2D eigenvalue weighted by Crippen LogP contribution is 2.20. The number of hydrogen-bond acceptors (Lipinski definition) is 5. The number of nitrogens with zero attached hydrogens (tertiary/aromatic N) is 2. The molecule has 1 aromatic heterocycles. The average molecular weight is 332 g/mol. The number of nitrogens with one attached hydrogen (secondary N) is 1. The van der Waals surface area contributed by atoms with E-state index in [4.69, 9.17) is 27.9 Å². The molecule has 0 aliphatic heterocycles. The number of carbonyl (C=O) groups is 1. The van der Waals surface area contributed by atoms with Crippen LogP contribution in [0, 0.1) is 0 Å². The molecule has 8 heteroatoms. The number of aromatic nitrogens is 2. The molecule has 0 saturated heterocycles. The summed E-state index contributed by atoms with van der Waals surface area (Å²) in [6, 6.07) is 7.03. The lowest BCUT2D eigenvalue weighted by Gasteiger charge is -2.02. The maximum Gasteiger partial charge on any atom is 0.227 e. The summed E-state index contributed by atoms with van der Waals surface area (Å²) < 4.78 is 5.53. The molecule has 0 radical (unpaired) electrons. The van der Waals surface area contributed by atoms with Crippen LogP contribution in [0.5, 0.6) is 5.75 Å². The van der Waals surface area contributed by atoms with E-state index in [0.29, 0.717) is 20.9 Å². The van der Waals surface area contributed by atoms with Crippen molar-refractivity contribution in [1.82, 2.24) is 10.2 Å². The average Bonchev–Trinajstić information content (AvgIpc) is 2.86. The van der Waals surface area contributed by atoms with Crippen LogP contribution in [-0.2, 0) is 11.4 Å². The van der Waals surface area contributed by atoms with Crippen LogP contribution >= 0.6 is 34.5 Å². The smallest absolute Gasteiger partial charge is 0.227 e. The van der Waals surface area contributed by atoms with Gasteiger partial charge in [-0.25, -0.2) is 0 Å². The van der Waals surface area contributed by atoms with Crippen LogP contribution in [0.4, 0.5) is 5.13 Å². The fourth-order valence-electron chi connectivity index (χ4n) is 1.31. The maximum absolute atomic E-state index is 11.3. The van der Waals surface area contributed by atoms with Gasteiger partial charge in [-0.1, -0.05) is 22.9 Å². The van der Waals surface area contributed by atoms with E-state index in [1.807, 2.05) is 0 Å². The van der Waals surface area contributed by atoms with Crippen molar-refractivity contribution >= 4 is 45.6 Å². The second kappa shape index (κ2) is 7.42. The van der Waals surface area contributed by atoms with E-state index >= 15 is 0 Å². The Bertz CT molecular complexity index is 574. The van der Waals surface area contributed by atoms with Crippen molar-refractivity contribution in [2.45, 2.75) is 13.0 Å². The first-order chi connectivity index (χ1) is 9.67. The molecule has 5 nitrogen and oxygen atoms in total. The van der Waals surface area contributed by atoms with Gasteiger partial charge >= 0.3 is 0 Å². The molecule has 0 aliphatic rings. The summed E-state index contributed by atoms with van der Waals surface area (Å²) >= 11 is 12.5. The molecule has 20 heavy (non-hydrogen) atoms. The minimum Gasteiger partial charge on any atom is -0.486 e. The SMILES string of the molecule is O=C(CCCl)Nc1nnc(COc2ccc(Cl)cc2)s1. The first kappa shape index (κ1) is 15.0. The largest absolute Gasteiger partial charge is 0.486 e. The third-order valence-corrected chi connectivity index (χ3v) is 3.46. The van der Waals surface area contributed by atoms with Crippen LogP contribution in [0.3, 0.4) is 0 Å². The lowest BCUT2D eigenvalue weighted by Crippen LogP contribution is -2.11. The highest BCUT2D eigenvalue weighted by molar-refractivity contribution is 7.15. The number of alkyl halides is 1. The van der Waals surface area contributed by atoms with Gasteiger partial charge in [0.15, 0.2) is 5.01 Å². The first-order valence-electron chi connectivity index (χ1n) is 5.74. The fourth-order valence-corrected chi connectivity index (χ4v) is 2.27. The highest BCUT2D eigenvalue weighted by atomic mass is 35.5. The quantitative estimate of drug-likeness (QED) is 0.824. The van der Waals surface area contributed by atoms with Gasteiger partial charge in [0, 0.05) is 17.3 Å². The fraction of sp³-hybridized carbons (Fsp3) is 0.250. The number of benzene rings is 1. The van der Waals surface area contributed by atoms with Crippen molar-refractivity contribution in [1.29, 1.82) is 0 Å². The van der Waals surface area contributed by atoms with Gasteiger partial charge in [-0.3, -0.25) is 4.79 Å². The maximum atomic E-state index is 11.3. The molecule has 0 unspecified atom stereocenters. The molecule has 1 amide bonds. The third kappa shape index (κ3) is 4.63. The van der Waals surface area contributed by atoms with Crippen LogP contribution in [0.25, 0.3) is 0 Å². The van der Waals surface area contributed by atoms with Gasteiger partial charge in [0.05, 0.1) is 0 Å². The summed E-state index contributed by atoms with van der Waals surface area (Å²) in [5, 5.41) is 12.2. The molecule has 1 aromatic carbocycles. The number of amides is 1. The molecule has 0 fully saturated rings. The van der Waals surface area contributed by atoms with E-state index in [1.165, 1.54) is 11.3 Å². The molecular weight excluding hydrogens is 321 g/mol. The molecule has 1 N–H and O–H groups in total. The Morgan fingerprint density at radius 3 is 2.75 bits per heavy atom. The van der Waals surface area contributed by atoms with E-state index in [-0.39, 0.29) is 24.8 Å². The predicted octanol–water partition coefficient (Wildman–Crippen LogP) is 3.34. The lowest BCUT2D eigenvalue weighted by atomic mass is 10.3. The summed E-state index contributed by atoms with van der Waals surface area (Å²) in [4.78, 5) is 11.3. The minimum atomic E-state index is -0.179. The number of rotatable bonds is 6.